The molecule has 1 unspecified atom stereocenters. The monoisotopic (exact) mass is 322 g/mol. The van der Waals surface area contributed by atoms with Crippen LogP contribution in [0.4, 0.5) is 0 Å². The van der Waals surface area contributed by atoms with Gasteiger partial charge in [-0.1, -0.05) is 29.8 Å². The van der Waals surface area contributed by atoms with Gasteiger partial charge in [0.15, 0.2) is 0 Å². The Hall–Kier alpha value is -1.69. The average Bonchev–Trinajstić information content (AvgIpc) is 2.47. The summed E-state index contributed by atoms with van der Waals surface area (Å²) in [6.07, 6.45) is 4.73. The number of aromatic nitrogens is 1. The highest BCUT2D eigenvalue weighted by Gasteiger charge is 2.12. The fourth-order valence-electron chi connectivity index (χ4n) is 1.78. The van der Waals surface area contributed by atoms with E-state index in [2.05, 4.69) is 9.71 Å². The Labute approximate surface area is 129 Å². The van der Waals surface area contributed by atoms with E-state index in [0.29, 0.717) is 10.6 Å². The molecule has 1 N–H and O–H groups in total. The van der Waals surface area contributed by atoms with Crippen molar-refractivity contribution in [3.8, 4) is 0 Å². The zero-order valence-corrected chi connectivity index (χ0v) is 13.0. The Kier molecular flexibility index (Phi) is 5.12. The van der Waals surface area contributed by atoms with Crippen LogP contribution in [0.5, 0.6) is 0 Å². The van der Waals surface area contributed by atoms with Crippen molar-refractivity contribution in [3.05, 3.63) is 70.3 Å². The molecule has 1 aromatic carbocycles. The molecule has 1 atom stereocenters. The molecule has 0 aliphatic carbocycles. The summed E-state index contributed by atoms with van der Waals surface area (Å²) in [6.45, 7) is 1.77. The van der Waals surface area contributed by atoms with E-state index >= 15 is 0 Å². The lowest BCUT2D eigenvalue weighted by atomic mass is 10.1. The normalized spacial score (nSPS) is 13.4. The van der Waals surface area contributed by atoms with E-state index in [1.807, 2.05) is 0 Å². The van der Waals surface area contributed by atoms with Crippen molar-refractivity contribution >= 4 is 27.7 Å². The van der Waals surface area contributed by atoms with Crippen LogP contribution in [0.25, 0.3) is 6.08 Å². The van der Waals surface area contributed by atoms with E-state index in [4.69, 9.17) is 11.6 Å². The number of sulfonamides is 1. The van der Waals surface area contributed by atoms with Gasteiger partial charge in [-0.3, -0.25) is 4.98 Å². The predicted octanol–water partition coefficient (Wildman–Crippen LogP) is 3.39. The molecule has 0 aliphatic rings. The molecule has 1 aromatic heterocycles. The van der Waals surface area contributed by atoms with E-state index in [1.54, 1.807) is 55.7 Å². The summed E-state index contributed by atoms with van der Waals surface area (Å²) in [5.41, 5.74) is 1.50. The van der Waals surface area contributed by atoms with Crippen LogP contribution in [0.1, 0.15) is 24.1 Å². The van der Waals surface area contributed by atoms with Gasteiger partial charge in [0.2, 0.25) is 10.0 Å². The zero-order chi connectivity index (χ0) is 15.3. The average molecular weight is 323 g/mol. The maximum Gasteiger partial charge on any atom is 0.234 e. The van der Waals surface area contributed by atoms with Crippen LogP contribution in [-0.2, 0) is 10.0 Å². The van der Waals surface area contributed by atoms with Crippen LogP contribution in [0.3, 0.4) is 0 Å². The third-order valence-electron chi connectivity index (χ3n) is 2.88. The third-order valence-corrected chi connectivity index (χ3v) is 4.40. The van der Waals surface area contributed by atoms with Crippen molar-refractivity contribution in [2.24, 2.45) is 0 Å². The molecular weight excluding hydrogens is 308 g/mol. The summed E-state index contributed by atoms with van der Waals surface area (Å²) in [5, 5.41) is 1.62. The summed E-state index contributed by atoms with van der Waals surface area (Å²) in [5.74, 6) is 0. The van der Waals surface area contributed by atoms with Gasteiger partial charge in [0.1, 0.15) is 0 Å². The first-order valence-corrected chi connectivity index (χ1v) is 8.25. The van der Waals surface area contributed by atoms with Crippen molar-refractivity contribution in [2.45, 2.75) is 13.0 Å². The van der Waals surface area contributed by atoms with Crippen molar-refractivity contribution < 1.29 is 8.42 Å². The molecule has 6 heteroatoms. The summed E-state index contributed by atoms with van der Waals surface area (Å²) in [4.78, 5) is 3.90. The standard InChI is InChI=1S/C15H15ClN2O2S/c1-12(13-6-9-17-10-7-13)18-21(19,20)11-8-14-4-2-3-5-15(14)16/h2-12,18H,1H3/b11-8+. The van der Waals surface area contributed by atoms with E-state index in [9.17, 15) is 8.42 Å². The Morgan fingerprint density at radius 2 is 1.86 bits per heavy atom. The third kappa shape index (κ3) is 4.67. The fraction of sp³-hybridized carbons (Fsp3) is 0.133. The highest BCUT2D eigenvalue weighted by molar-refractivity contribution is 7.92. The maximum atomic E-state index is 12.0. The fourth-order valence-corrected chi connectivity index (χ4v) is 3.01. The van der Waals surface area contributed by atoms with Crippen LogP contribution in [0, 0.1) is 0 Å². The number of pyridine rings is 1. The second kappa shape index (κ2) is 6.85. The van der Waals surface area contributed by atoms with Gasteiger partial charge in [0, 0.05) is 28.9 Å². The maximum absolute atomic E-state index is 12.0. The van der Waals surface area contributed by atoms with E-state index in [0.717, 1.165) is 11.0 Å². The topological polar surface area (TPSA) is 59.1 Å². The molecule has 0 fully saturated rings. The first-order chi connectivity index (χ1) is 9.98. The van der Waals surface area contributed by atoms with E-state index < -0.39 is 10.0 Å². The van der Waals surface area contributed by atoms with Gasteiger partial charge in [0.05, 0.1) is 0 Å². The van der Waals surface area contributed by atoms with Crippen molar-refractivity contribution in [2.75, 3.05) is 0 Å². The van der Waals surface area contributed by atoms with Crippen molar-refractivity contribution in [3.63, 3.8) is 0 Å². The zero-order valence-electron chi connectivity index (χ0n) is 11.4. The van der Waals surface area contributed by atoms with Gasteiger partial charge in [-0.2, -0.15) is 0 Å². The molecule has 110 valence electrons. The lowest BCUT2D eigenvalue weighted by Crippen LogP contribution is -2.24. The minimum Gasteiger partial charge on any atom is -0.265 e. The number of nitrogens with zero attached hydrogens (tertiary/aromatic N) is 1. The molecule has 2 rings (SSSR count). The first-order valence-electron chi connectivity index (χ1n) is 6.33. The van der Waals surface area contributed by atoms with Gasteiger partial charge in [-0.25, -0.2) is 13.1 Å². The molecule has 0 saturated heterocycles. The summed E-state index contributed by atoms with van der Waals surface area (Å²) >= 11 is 5.98. The van der Waals surface area contributed by atoms with Crippen molar-refractivity contribution in [1.82, 2.24) is 9.71 Å². The highest BCUT2D eigenvalue weighted by Crippen LogP contribution is 2.17. The Morgan fingerprint density at radius 3 is 2.52 bits per heavy atom. The number of hydrogen-bond donors (Lipinski definition) is 1. The van der Waals surface area contributed by atoms with Crippen molar-refractivity contribution in [1.29, 1.82) is 0 Å². The smallest absolute Gasteiger partial charge is 0.234 e. The molecule has 0 amide bonds. The Bertz CT molecular complexity index is 730. The van der Waals surface area contributed by atoms with Crippen LogP contribution in [0.2, 0.25) is 5.02 Å². The molecule has 1 heterocycles. The SMILES string of the molecule is CC(NS(=O)(=O)/C=C/c1ccccc1Cl)c1ccncc1. The second-order valence-electron chi connectivity index (χ2n) is 4.49. The second-order valence-corrected chi connectivity index (χ2v) is 6.49. The molecule has 0 radical (unpaired) electrons. The lowest BCUT2D eigenvalue weighted by molar-refractivity contribution is 0.576. The number of hydrogen-bond acceptors (Lipinski definition) is 3. The largest absolute Gasteiger partial charge is 0.265 e. The summed E-state index contributed by atoms with van der Waals surface area (Å²) in [6, 6.07) is 10.2. The van der Waals surface area contributed by atoms with Gasteiger partial charge in [-0.05, 0) is 42.3 Å². The minimum absolute atomic E-state index is 0.339. The molecule has 0 aliphatic heterocycles. The number of nitrogens with one attached hydrogen (secondary N) is 1. The molecular formula is C15H15ClN2O2S. The first kappa shape index (κ1) is 15.7. The number of halogens is 1. The Balaban J connectivity index is 2.11. The van der Waals surface area contributed by atoms with Crippen LogP contribution in [0.15, 0.2) is 54.2 Å². The number of rotatable bonds is 5. The quantitative estimate of drug-likeness (QED) is 0.918. The van der Waals surface area contributed by atoms with Gasteiger partial charge in [-0.15, -0.1) is 0 Å². The molecule has 2 aromatic rings. The van der Waals surface area contributed by atoms with Crippen LogP contribution >= 0.6 is 11.6 Å². The number of benzene rings is 1. The highest BCUT2D eigenvalue weighted by atomic mass is 35.5. The van der Waals surface area contributed by atoms with E-state index in [-0.39, 0.29) is 6.04 Å². The van der Waals surface area contributed by atoms with Crippen LogP contribution < -0.4 is 4.72 Å². The molecule has 21 heavy (non-hydrogen) atoms. The summed E-state index contributed by atoms with van der Waals surface area (Å²) in [7, 11) is -3.55. The predicted molar refractivity (Wildman–Crippen MR) is 85.2 cm³/mol. The lowest BCUT2D eigenvalue weighted by Gasteiger charge is -2.12. The van der Waals surface area contributed by atoms with Gasteiger partial charge >= 0.3 is 0 Å². The molecule has 0 bridgehead atoms. The van der Waals surface area contributed by atoms with Gasteiger partial charge < -0.3 is 0 Å². The van der Waals surface area contributed by atoms with Gasteiger partial charge in [0.25, 0.3) is 0 Å². The summed E-state index contributed by atoms with van der Waals surface area (Å²) < 4.78 is 26.7. The molecule has 0 spiro atoms. The minimum atomic E-state index is -3.55. The Morgan fingerprint density at radius 1 is 1.19 bits per heavy atom. The van der Waals surface area contributed by atoms with Crippen LogP contribution in [-0.4, -0.2) is 13.4 Å². The molecule has 0 saturated carbocycles. The van der Waals surface area contributed by atoms with E-state index in [1.165, 1.54) is 6.08 Å². The molecule has 4 nitrogen and oxygen atoms in total.